The van der Waals surface area contributed by atoms with E-state index in [0.717, 1.165) is 20.1 Å². The van der Waals surface area contributed by atoms with Crippen molar-refractivity contribution in [2.45, 2.75) is 38.1 Å². The monoisotopic (exact) mass is 702 g/mol. The predicted octanol–water partition coefficient (Wildman–Crippen LogP) is 9.27. The minimum atomic E-state index is -0.669. The van der Waals surface area contributed by atoms with Gasteiger partial charge in [0.05, 0.1) is 0 Å². The molecule has 0 unspecified atom stereocenters. The largest absolute Gasteiger partial charge is 0.472 e. The van der Waals surface area contributed by atoms with E-state index in [2.05, 4.69) is 41.8 Å². The van der Waals surface area contributed by atoms with Crippen LogP contribution in [-0.4, -0.2) is 24.0 Å². The molecule has 4 nitrogen and oxygen atoms in total. The lowest BCUT2D eigenvalue weighted by molar-refractivity contribution is 0.212. The number of nitrogens with zero attached hydrogens (tertiary/aromatic N) is 2. The molecule has 0 spiro atoms. The molecule has 10 heteroatoms. The highest BCUT2D eigenvalue weighted by Crippen LogP contribution is 2.34. The van der Waals surface area contributed by atoms with Crippen LogP contribution in [0.15, 0.2) is 104 Å². The zero-order valence-electron chi connectivity index (χ0n) is 22.4. The Morgan fingerprint density at radius 3 is 1.14 bits per heavy atom. The molecule has 0 saturated carbocycles. The zero-order chi connectivity index (χ0) is 30.0. The Morgan fingerprint density at radius 2 is 0.833 bits per heavy atom. The third-order valence-electron chi connectivity index (χ3n) is 6.77. The summed E-state index contributed by atoms with van der Waals surface area (Å²) in [5.41, 5.74) is 1.47. The van der Waals surface area contributed by atoms with E-state index < -0.39 is 23.3 Å². The van der Waals surface area contributed by atoms with Crippen molar-refractivity contribution in [3.8, 4) is 0 Å². The van der Waals surface area contributed by atoms with Gasteiger partial charge in [0.15, 0.2) is 0 Å². The second-order valence-electron chi connectivity index (χ2n) is 9.70. The fourth-order valence-corrected chi connectivity index (χ4v) is 5.20. The third-order valence-corrected chi connectivity index (χ3v) is 7.83. The molecule has 4 atom stereocenters. The maximum Gasteiger partial charge on any atom is 0.223 e. The van der Waals surface area contributed by atoms with Crippen molar-refractivity contribution in [2.75, 3.05) is 0 Å². The van der Waals surface area contributed by atoms with E-state index in [1.54, 1.807) is 0 Å². The molecule has 0 saturated heterocycles. The van der Waals surface area contributed by atoms with E-state index in [1.807, 2.05) is 62.4 Å². The lowest BCUT2D eigenvalue weighted by atomic mass is 10.0. The average molecular weight is 704 g/mol. The first kappa shape index (κ1) is 30.0. The van der Waals surface area contributed by atoms with Crippen LogP contribution in [0.25, 0.3) is 0 Å². The summed E-state index contributed by atoms with van der Waals surface area (Å²) in [6.07, 6.45) is -0.555. The fourth-order valence-electron chi connectivity index (χ4n) is 4.67. The summed E-state index contributed by atoms with van der Waals surface area (Å²) in [5.74, 6) is -2.64. The first-order valence-corrected chi connectivity index (χ1v) is 14.6. The van der Waals surface area contributed by atoms with Crippen molar-refractivity contribution in [2.24, 2.45) is 9.98 Å². The number of ether oxygens (including phenoxy) is 2. The van der Waals surface area contributed by atoms with Crippen molar-refractivity contribution < 1.29 is 27.0 Å². The highest BCUT2D eigenvalue weighted by molar-refractivity contribution is 9.10. The molecular weight excluding hydrogens is 680 g/mol. The van der Waals surface area contributed by atoms with Crippen LogP contribution >= 0.6 is 31.9 Å². The summed E-state index contributed by atoms with van der Waals surface area (Å²) in [6, 6.07) is 22.2. The number of halogens is 6. The molecule has 0 aromatic heterocycles. The van der Waals surface area contributed by atoms with Crippen molar-refractivity contribution in [1.82, 2.24) is 0 Å². The molecule has 42 heavy (non-hydrogen) atoms. The molecule has 0 radical (unpaired) electrons. The van der Waals surface area contributed by atoms with Gasteiger partial charge in [-0.2, -0.15) is 0 Å². The Bertz CT molecular complexity index is 1480. The smallest absolute Gasteiger partial charge is 0.223 e. The predicted molar refractivity (Wildman–Crippen MR) is 161 cm³/mol. The SMILES string of the molecule is C[C@@H]1OC(c2c(F)cccc2F)=N[C@@H]1c1ccc(Br)cc1.C[C@H]1OC(c2c(F)cccc2F)=N[C@H]1c1ccc(Br)cc1. The number of hydrogen-bond acceptors (Lipinski definition) is 4. The molecular formula is C32H24Br2F4N2O2. The Morgan fingerprint density at radius 1 is 0.524 bits per heavy atom. The Hall–Kier alpha value is -3.50. The highest BCUT2D eigenvalue weighted by Gasteiger charge is 2.33. The molecule has 0 fully saturated rings. The van der Waals surface area contributed by atoms with E-state index in [1.165, 1.54) is 36.4 Å². The maximum absolute atomic E-state index is 13.8. The minimum Gasteiger partial charge on any atom is -0.472 e. The van der Waals surface area contributed by atoms with Gasteiger partial charge in [0.25, 0.3) is 0 Å². The standard InChI is InChI=1S/2C16H12BrF2NO/c2*1-9-15(10-5-7-11(17)8-6-10)20-16(21-9)14-12(18)3-2-4-13(14)19/h2*2-9,15H,1H3/t2*9-,15-/m10/s1. The number of aliphatic imine (C=N–C) groups is 2. The van der Waals surface area contributed by atoms with Crippen LogP contribution in [0.5, 0.6) is 0 Å². The Labute approximate surface area is 257 Å². The fraction of sp³-hybridized carbons (Fsp3) is 0.188. The van der Waals surface area contributed by atoms with E-state index in [0.29, 0.717) is 0 Å². The summed E-state index contributed by atoms with van der Waals surface area (Å²) in [6.45, 7) is 3.67. The molecule has 0 bridgehead atoms. The van der Waals surface area contributed by atoms with Crippen molar-refractivity contribution in [3.63, 3.8) is 0 Å². The highest BCUT2D eigenvalue weighted by atomic mass is 79.9. The van der Waals surface area contributed by atoms with Gasteiger partial charge in [0.1, 0.15) is 58.7 Å². The van der Waals surface area contributed by atoms with Crippen LogP contribution in [0.3, 0.4) is 0 Å². The normalized spacial score (nSPS) is 21.0. The quantitative estimate of drug-likeness (QED) is 0.199. The van der Waals surface area contributed by atoms with Crippen LogP contribution < -0.4 is 0 Å². The van der Waals surface area contributed by atoms with Crippen molar-refractivity contribution in [3.05, 3.63) is 139 Å². The average Bonchev–Trinajstić information content (AvgIpc) is 3.52. The molecule has 0 aliphatic carbocycles. The van der Waals surface area contributed by atoms with Gasteiger partial charge >= 0.3 is 0 Å². The van der Waals surface area contributed by atoms with E-state index in [4.69, 9.17) is 9.47 Å². The lowest BCUT2D eigenvalue weighted by Crippen LogP contribution is -2.14. The van der Waals surface area contributed by atoms with Crippen LogP contribution in [0.4, 0.5) is 17.6 Å². The first-order valence-electron chi connectivity index (χ1n) is 13.0. The number of benzene rings is 4. The van der Waals surface area contributed by atoms with E-state index in [-0.39, 0.29) is 47.2 Å². The molecule has 0 N–H and O–H groups in total. The minimum absolute atomic E-state index is 0.0195. The number of hydrogen-bond donors (Lipinski definition) is 0. The zero-order valence-corrected chi connectivity index (χ0v) is 25.5. The Balaban J connectivity index is 0.000000168. The summed E-state index contributed by atoms with van der Waals surface area (Å²) in [4.78, 5) is 8.72. The lowest BCUT2D eigenvalue weighted by Gasteiger charge is -2.13. The molecule has 0 amide bonds. The molecule has 6 rings (SSSR count). The topological polar surface area (TPSA) is 43.2 Å². The molecule has 2 aliphatic rings. The van der Waals surface area contributed by atoms with Gasteiger partial charge in [-0.05, 0) is 73.5 Å². The first-order chi connectivity index (χ1) is 20.1. The van der Waals surface area contributed by atoms with Crippen LogP contribution in [0.1, 0.15) is 48.2 Å². The van der Waals surface area contributed by atoms with Crippen LogP contribution in [-0.2, 0) is 9.47 Å². The molecule has 4 aromatic carbocycles. The second kappa shape index (κ2) is 12.8. The van der Waals surface area contributed by atoms with Gasteiger partial charge < -0.3 is 9.47 Å². The summed E-state index contributed by atoms with van der Waals surface area (Å²) in [5, 5.41) is 0. The molecule has 2 aliphatic heterocycles. The number of rotatable bonds is 4. The summed E-state index contributed by atoms with van der Waals surface area (Å²) >= 11 is 6.74. The van der Waals surface area contributed by atoms with Gasteiger partial charge in [0.2, 0.25) is 11.8 Å². The van der Waals surface area contributed by atoms with Gasteiger partial charge in [0, 0.05) is 8.95 Å². The second-order valence-corrected chi connectivity index (χ2v) is 11.5. The van der Waals surface area contributed by atoms with Crippen LogP contribution in [0.2, 0.25) is 0 Å². The third kappa shape index (κ3) is 6.44. The van der Waals surface area contributed by atoms with Crippen molar-refractivity contribution >= 4 is 43.7 Å². The van der Waals surface area contributed by atoms with Crippen LogP contribution in [0, 0.1) is 23.3 Å². The Kier molecular flexibility index (Phi) is 9.13. The van der Waals surface area contributed by atoms with E-state index >= 15 is 0 Å². The molecule has 4 aromatic rings. The summed E-state index contributed by atoms with van der Waals surface area (Å²) in [7, 11) is 0. The van der Waals surface area contributed by atoms with Gasteiger partial charge in [-0.1, -0.05) is 68.3 Å². The van der Waals surface area contributed by atoms with E-state index in [9.17, 15) is 17.6 Å². The summed E-state index contributed by atoms with van der Waals surface area (Å²) < 4.78 is 68.3. The van der Waals surface area contributed by atoms with Crippen molar-refractivity contribution in [1.29, 1.82) is 0 Å². The van der Waals surface area contributed by atoms with Gasteiger partial charge in [-0.3, -0.25) is 0 Å². The molecule has 216 valence electrons. The maximum atomic E-state index is 13.8. The van der Waals surface area contributed by atoms with Gasteiger partial charge in [-0.15, -0.1) is 0 Å². The van der Waals surface area contributed by atoms with Gasteiger partial charge in [-0.25, -0.2) is 27.5 Å². The molecule has 2 heterocycles.